The second-order valence-corrected chi connectivity index (χ2v) is 22.4. The number of ether oxygens (including phenoxy) is 2. The summed E-state index contributed by atoms with van der Waals surface area (Å²) in [5.74, 6) is -1.40. The first kappa shape index (κ1) is 65.6. The molecule has 1 saturated heterocycles. The highest BCUT2D eigenvalue weighted by molar-refractivity contribution is 5.80. The fraction of sp³-hybridized carbons (Fsp3) is 0.937. The molecule has 1 fully saturated rings. The van der Waals surface area contributed by atoms with Gasteiger partial charge in [-0.25, -0.2) is 0 Å². The van der Waals surface area contributed by atoms with E-state index in [2.05, 4.69) is 19.1 Å². The second kappa shape index (κ2) is 52.9. The van der Waals surface area contributed by atoms with Crippen molar-refractivity contribution in [2.75, 3.05) is 26.4 Å². The molecule has 2 N–H and O–H groups in total. The van der Waals surface area contributed by atoms with E-state index in [1.807, 2.05) is 0 Å². The van der Waals surface area contributed by atoms with Crippen LogP contribution in [0, 0.1) is 11.3 Å². The zero-order valence-electron chi connectivity index (χ0n) is 46.4. The molecule has 0 saturated carbocycles. The molecular formula is C63H120O6. The molecule has 0 spiro atoms. The van der Waals surface area contributed by atoms with Crippen molar-refractivity contribution >= 4 is 11.9 Å². The molecule has 0 aromatic carbocycles. The van der Waals surface area contributed by atoms with Gasteiger partial charge in [-0.15, -0.1) is 0 Å². The molecule has 1 heterocycles. The molecule has 6 nitrogen and oxygen atoms in total. The Hall–Kier alpha value is -1.40. The Bertz CT molecular complexity index is 1090. The van der Waals surface area contributed by atoms with Crippen molar-refractivity contribution < 1.29 is 29.3 Å². The van der Waals surface area contributed by atoms with Crippen LogP contribution in [-0.4, -0.2) is 48.6 Å². The van der Waals surface area contributed by atoms with Crippen molar-refractivity contribution in [2.24, 2.45) is 11.3 Å². The molecule has 0 aromatic rings. The Kier molecular flexibility index (Phi) is 50.3. The van der Waals surface area contributed by atoms with E-state index in [1.165, 1.54) is 302 Å². The van der Waals surface area contributed by atoms with Gasteiger partial charge >= 0.3 is 11.9 Å². The number of hydrogen-bond donors (Lipinski definition) is 2. The molecule has 0 radical (unpaired) electrons. The average Bonchev–Trinajstić information content (AvgIpc) is 3.41. The zero-order chi connectivity index (χ0) is 49.7. The van der Waals surface area contributed by atoms with E-state index in [-0.39, 0.29) is 19.6 Å². The van der Waals surface area contributed by atoms with Crippen molar-refractivity contribution in [1.29, 1.82) is 0 Å². The Morgan fingerprint density at radius 3 is 0.899 bits per heavy atom. The van der Waals surface area contributed by atoms with E-state index < -0.39 is 36.5 Å². The van der Waals surface area contributed by atoms with E-state index in [0.717, 1.165) is 19.3 Å². The van der Waals surface area contributed by atoms with Gasteiger partial charge in [-0.1, -0.05) is 314 Å². The molecule has 0 aromatic heterocycles. The van der Waals surface area contributed by atoms with Crippen molar-refractivity contribution in [2.45, 2.75) is 341 Å². The number of allylic oxidation sites excluding steroid dienone is 2. The standard InChI is InChI=1S/C63H120O6/c1-2-3-4-5-6-7-8-9-10-11-12-13-14-15-16-17-18-19-20-21-22-23-24-25-26-27-28-29-30-31-32-33-34-35-36-37-38-39-40-41-42-43-44-45-46-47-48-49-50-51-52-53-54-60-55-61(66)68-58-63(56-64,57-65)59-69-62(60)67/h20-21,60,64-65H,2-19,22-59H2,1H3/b21-20+. The van der Waals surface area contributed by atoms with Gasteiger partial charge in [0, 0.05) is 0 Å². The number of carbonyl (C=O) groups excluding carboxylic acids is 2. The summed E-state index contributed by atoms with van der Waals surface area (Å²) < 4.78 is 10.6. The maximum atomic E-state index is 12.5. The van der Waals surface area contributed by atoms with Gasteiger partial charge in [-0.3, -0.25) is 9.59 Å². The SMILES string of the molecule is CCCCCCCCCCCCCCCCCCC/C=C/CCCCCCCCCCCCCCCCCCCCCCCCCCCCCCCCCC1CC(=O)OCC(CO)(CO)COC1=O. The third kappa shape index (κ3) is 45.0. The zero-order valence-corrected chi connectivity index (χ0v) is 46.4. The van der Waals surface area contributed by atoms with E-state index in [9.17, 15) is 19.8 Å². The number of rotatable bonds is 54. The summed E-state index contributed by atoms with van der Waals surface area (Å²) in [6.45, 7) is 1.21. The lowest BCUT2D eigenvalue weighted by molar-refractivity contribution is -0.155. The monoisotopic (exact) mass is 973 g/mol. The number of aliphatic hydroxyl groups is 2. The molecule has 408 valence electrons. The van der Waals surface area contributed by atoms with Gasteiger partial charge in [0.2, 0.25) is 0 Å². The summed E-state index contributed by atoms with van der Waals surface area (Å²) >= 11 is 0. The number of hydrogen-bond acceptors (Lipinski definition) is 6. The molecule has 1 unspecified atom stereocenters. The summed E-state index contributed by atoms with van der Waals surface area (Å²) in [4.78, 5) is 24.7. The molecule has 1 rings (SSSR count). The van der Waals surface area contributed by atoms with Crippen LogP contribution in [0.1, 0.15) is 341 Å². The number of aliphatic hydroxyl groups excluding tert-OH is 2. The van der Waals surface area contributed by atoms with Gasteiger partial charge in [0.25, 0.3) is 0 Å². The van der Waals surface area contributed by atoms with Gasteiger partial charge in [0.1, 0.15) is 13.2 Å². The minimum Gasteiger partial charge on any atom is -0.465 e. The van der Waals surface area contributed by atoms with Crippen LogP contribution in [0.2, 0.25) is 0 Å². The number of cyclic esters (lactones) is 2. The van der Waals surface area contributed by atoms with E-state index in [1.54, 1.807) is 0 Å². The smallest absolute Gasteiger partial charge is 0.309 e. The summed E-state index contributed by atoms with van der Waals surface area (Å²) in [6, 6.07) is 0. The number of unbranched alkanes of at least 4 members (excludes halogenated alkanes) is 48. The van der Waals surface area contributed by atoms with Gasteiger partial charge in [0.05, 0.1) is 31.0 Å². The highest BCUT2D eigenvalue weighted by Gasteiger charge is 2.36. The summed E-state index contributed by atoms with van der Waals surface area (Å²) in [5, 5.41) is 19.2. The lowest BCUT2D eigenvalue weighted by atomic mass is 9.92. The van der Waals surface area contributed by atoms with Crippen LogP contribution in [0.5, 0.6) is 0 Å². The van der Waals surface area contributed by atoms with Crippen molar-refractivity contribution in [1.82, 2.24) is 0 Å². The Morgan fingerprint density at radius 2 is 0.623 bits per heavy atom. The lowest BCUT2D eigenvalue weighted by Gasteiger charge is -2.27. The Labute approximate surface area is 430 Å². The first-order valence-electron chi connectivity index (χ1n) is 31.3. The minimum absolute atomic E-state index is 0.00481. The minimum atomic E-state index is -1.12. The second-order valence-electron chi connectivity index (χ2n) is 22.4. The van der Waals surface area contributed by atoms with Gasteiger partial charge < -0.3 is 19.7 Å². The Morgan fingerprint density at radius 1 is 0.377 bits per heavy atom. The predicted octanol–water partition coefficient (Wildman–Crippen LogP) is 19.5. The third-order valence-electron chi connectivity index (χ3n) is 15.5. The fourth-order valence-electron chi connectivity index (χ4n) is 10.4. The maximum absolute atomic E-state index is 12.5. The predicted molar refractivity (Wildman–Crippen MR) is 297 cm³/mol. The molecule has 0 aliphatic carbocycles. The number of esters is 2. The fourth-order valence-corrected chi connectivity index (χ4v) is 10.4. The topological polar surface area (TPSA) is 93.1 Å². The summed E-state index contributed by atoms with van der Waals surface area (Å²) in [5.41, 5.74) is -1.12. The first-order valence-corrected chi connectivity index (χ1v) is 31.3. The first-order chi connectivity index (χ1) is 34.1. The van der Waals surface area contributed by atoms with Crippen LogP contribution in [0.3, 0.4) is 0 Å². The van der Waals surface area contributed by atoms with Crippen molar-refractivity contribution in [3.8, 4) is 0 Å². The van der Waals surface area contributed by atoms with E-state index in [0.29, 0.717) is 6.42 Å². The third-order valence-corrected chi connectivity index (χ3v) is 15.5. The molecule has 0 amide bonds. The van der Waals surface area contributed by atoms with Gasteiger partial charge in [0.15, 0.2) is 0 Å². The van der Waals surface area contributed by atoms with Crippen LogP contribution in [-0.2, 0) is 19.1 Å². The maximum Gasteiger partial charge on any atom is 0.309 e. The van der Waals surface area contributed by atoms with E-state index >= 15 is 0 Å². The average molecular weight is 974 g/mol. The van der Waals surface area contributed by atoms with E-state index in [4.69, 9.17) is 9.47 Å². The van der Waals surface area contributed by atoms with Crippen LogP contribution in [0.25, 0.3) is 0 Å². The number of carbonyl (C=O) groups is 2. The normalized spacial score (nSPS) is 15.4. The highest BCUT2D eigenvalue weighted by atomic mass is 16.6. The Balaban J connectivity index is 1.69. The van der Waals surface area contributed by atoms with Crippen molar-refractivity contribution in [3.63, 3.8) is 0 Å². The largest absolute Gasteiger partial charge is 0.465 e. The van der Waals surface area contributed by atoms with Crippen LogP contribution in [0.15, 0.2) is 12.2 Å². The molecule has 1 aliphatic rings. The lowest BCUT2D eigenvalue weighted by Crippen LogP contribution is -2.40. The quantitative estimate of drug-likeness (QED) is 0.0358. The summed E-state index contributed by atoms with van der Waals surface area (Å²) in [6.07, 6.45) is 75.7. The molecule has 6 heteroatoms. The highest BCUT2D eigenvalue weighted by Crippen LogP contribution is 2.25. The molecule has 1 aliphatic heterocycles. The molecular weight excluding hydrogens is 853 g/mol. The molecule has 1 atom stereocenters. The summed E-state index contributed by atoms with van der Waals surface area (Å²) in [7, 11) is 0. The van der Waals surface area contributed by atoms with Crippen LogP contribution in [0.4, 0.5) is 0 Å². The van der Waals surface area contributed by atoms with Crippen LogP contribution < -0.4 is 0 Å². The van der Waals surface area contributed by atoms with Crippen molar-refractivity contribution in [3.05, 3.63) is 12.2 Å². The van der Waals surface area contributed by atoms with Gasteiger partial charge in [-0.2, -0.15) is 0 Å². The molecule has 69 heavy (non-hydrogen) atoms. The van der Waals surface area contributed by atoms with Gasteiger partial charge in [-0.05, 0) is 32.1 Å². The molecule has 0 bridgehead atoms. The van der Waals surface area contributed by atoms with Crippen LogP contribution >= 0.6 is 0 Å².